The van der Waals surface area contributed by atoms with Gasteiger partial charge in [-0.05, 0) is 50.4 Å². The number of hydrogen-bond acceptors (Lipinski definition) is 3. The highest BCUT2D eigenvalue weighted by molar-refractivity contribution is 5.85. The van der Waals surface area contributed by atoms with E-state index in [9.17, 15) is 4.79 Å². The van der Waals surface area contributed by atoms with Crippen molar-refractivity contribution in [1.29, 1.82) is 0 Å². The van der Waals surface area contributed by atoms with E-state index in [-0.39, 0.29) is 5.41 Å². The molecule has 0 saturated carbocycles. The Morgan fingerprint density at radius 3 is 2.75 bits per heavy atom. The topological polar surface area (TPSA) is 36.4 Å². The first-order chi connectivity index (χ1) is 9.73. The fourth-order valence-electron chi connectivity index (χ4n) is 3.68. The number of hydrogen-bond donors (Lipinski definition) is 0. The highest BCUT2D eigenvalue weighted by Crippen LogP contribution is 2.40. The van der Waals surface area contributed by atoms with Gasteiger partial charge in [0.15, 0.2) is 0 Å². The lowest BCUT2D eigenvalue weighted by atomic mass is 9.78. The summed E-state index contributed by atoms with van der Waals surface area (Å²) in [4.78, 5) is 21.1. The Balaban J connectivity index is 1.69. The molecule has 3 heterocycles. The molecule has 1 amide bonds. The van der Waals surface area contributed by atoms with Gasteiger partial charge in [-0.15, -0.1) is 0 Å². The smallest absolute Gasteiger partial charge is 0.230 e. The van der Waals surface area contributed by atoms with Crippen molar-refractivity contribution in [3.05, 3.63) is 30.1 Å². The Labute approximate surface area is 120 Å². The van der Waals surface area contributed by atoms with Crippen molar-refractivity contribution in [2.75, 3.05) is 26.2 Å². The van der Waals surface area contributed by atoms with Crippen LogP contribution in [0.15, 0.2) is 24.5 Å². The van der Waals surface area contributed by atoms with Gasteiger partial charge in [-0.1, -0.05) is 0 Å². The summed E-state index contributed by atoms with van der Waals surface area (Å²) in [5.74, 6) is 0.388. The molecule has 4 nitrogen and oxygen atoms in total. The molecule has 3 rings (SSSR count). The second-order valence-electron chi connectivity index (χ2n) is 6.08. The summed E-state index contributed by atoms with van der Waals surface area (Å²) in [5, 5.41) is 0. The van der Waals surface area contributed by atoms with E-state index in [1.165, 1.54) is 5.56 Å². The minimum Gasteiger partial charge on any atom is -0.342 e. The van der Waals surface area contributed by atoms with Crippen molar-refractivity contribution < 1.29 is 4.79 Å². The van der Waals surface area contributed by atoms with Crippen LogP contribution in [0.25, 0.3) is 0 Å². The van der Waals surface area contributed by atoms with Gasteiger partial charge in [0.2, 0.25) is 5.91 Å². The monoisotopic (exact) mass is 273 g/mol. The SMILES string of the molecule is CCN1CC[C@@]2(CCCN(Cc3ccncc3)C2)C1=O. The maximum atomic E-state index is 12.6. The van der Waals surface area contributed by atoms with Gasteiger partial charge >= 0.3 is 0 Å². The summed E-state index contributed by atoms with van der Waals surface area (Å²) >= 11 is 0. The number of rotatable bonds is 3. The highest BCUT2D eigenvalue weighted by atomic mass is 16.2. The first-order valence-electron chi connectivity index (χ1n) is 7.64. The summed E-state index contributed by atoms with van der Waals surface area (Å²) in [5.41, 5.74) is 1.19. The second kappa shape index (κ2) is 5.52. The van der Waals surface area contributed by atoms with E-state index in [0.717, 1.165) is 52.0 Å². The maximum absolute atomic E-state index is 12.6. The molecule has 20 heavy (non-hydrogen) atoms. The van der Waals surface area contributed by atoms with E-state index in [2.05, 4.69) is 28.9 Å². The first-order valence-corrected chi connectivity index (χ1v) is 7.64. The van der Waals surface area contributed by atoms with Gasteiger partial charge in [-0.25, -0.2) is 0 Å². The second-order valence-corrected chi connectivity index (χ2v) is 6.08. The zero-order valence-corrected chi connectivity index (χ0v) is 12.2. The minimum atomic E-state index is -0.0959. The number of carbonyl (C=O) groups is 1. The van der Waals surface area contributed by atoms with Crippen LogP contribution >= 0.6 is 0 Å². The molecule has 2 aliphatic heterocycles. The number of nitrogens with zero attached hydrogens (tertiary/aromatic N) is 3. The van der Waals surface area contributed by atoms with Crippen molar-refractivity contribution in [1.82, 2.24) is 14.8 Å². The van der Waals surface area contributed by atoms with E-state index < -0.39 is 0 Å². The first kappa shape index (κ1) is 13.6. The van der Waals surface area contributed by atoms with Gasteiger partial charge in [0.05, 0.1) is 5.41 Å². The molecule has 108 valence electrons. The molecule has 1 aromatic rings. The van der Waals surface area contributed by atoms with Crippen molar-refractivity contribution in [2.45, 2.75) is 32.7 Å². The van der Waals surface area contributed by atoms with Crippen molar-refractivity contribution in [3.63, 3.8) is 0 Å². The molecule has 2 aliphatic rings. The number of piperidine rings is 1. The summed E-state index contributed by atoms with van der Waals surface area (Å²) in [7, 11) is 0. The third-order valence-corrected chi connectivity index (χ3v) is 4.79. The molecular formula is C16H23N3O. The highest BCUT2D eigenvalue weighted by Gasteiger charge is 2.48. The van der Waals surface area contributed by atoms with Gasteiger partial charge in [0, 0.05) is 38.6 Å². The molecule has 0 radical (unpaired) electrons. The normalized spacial score (nSPS) is 27.4. The Morgan fingerprint density at radius 1 is 1.25 bits per heavy atom. The molecule has 0 N–H and O–H groups in total. The standard InChI is InChI=1S/C16H23N3O/c1-2-19-11-7-16(15(19)20)6-3-10-18(13-16)12-14-4-8-17-9-5-14/h4-5,8-9H,2-3,6-7,10-13H2,1H3/t16-/m1/s1. The lowest BCUT2D eigenvalue weighted by Crippen LogP contribution is -2.47. The molecule has 0 aliphatic carbocycles. The number of likely N-dealkylation sites (tertiary alicyclic amines) is 2. The Kier molecular flexibility index (Phi) is 3.74. The predicted molar refractivity (Wildman–Crippen MR) is 78.1 cm³/mol. The van der Waals surface area contributed by atoms with Gasteiger partial charge in [0.25, 0.3) is 0 Å². The molecular weight excluding hydrogens is 250 g/mol. The van der Waals surface area contributed by atoms with Gasteiger partial charge in [-0.3, -0.25) is 14.7 Å². The third-order valence-electron chi connectivity index (χ3n) is 4.79. The molecule has 0 aromatic carbocycles. The van der Waals surface area contributed by atoms with Crippen LogP contribution in [0.2, 0.25) is 0 Å². The maximum Gasteiger partial charge on any atom is 0.230 e. The van der Waals surface area contributed by atoms with Crippen LogP contribution in [0.4, 0.5) is 0 Å². The lowest BCUT2D eigenvalue weighted by molar-refractivity contribution is -0.138. The van der Waals surface area contributed by atoms with Crippen LogP contribution in [0, 0.1) is 5.41 Å². The average Bonchev–Trinajstić information content (AvgIpc) is 2.77. The molecule has 2 saturated heterocycles. The summed E-state index contributed by atoms with van der Waals surface area (Å²) in [6.07, 6.45) is 6.92. The number of aromatic nitrogens is 1. The summed E-state index contributed by atoms with van der Waals surface area (Å²) in [6, 6.07) is 4.13. The molecule has 0 bridgehead atoms. The average molecular weight is 273 g/mol. The largest absolute Gasteiger partial charge is 0.342 e. The van der Waals surface area contributed by atoms with E-state index in [1.807, 2.05) is 17.3 Å². The Hall–Kier alpha value is -1.42. The molecule has 1 aromatic heterocycles. The van der Waals surface area contributed by atoms with E-state index in [1.54, 1.807) is 0 Å². The predicted octanol–water partition coefficient (Wildman–Crippen LogP) is 1.92. The van der Waals surface area contributed by atoms with Gasteiger partial charge in [-0.2, -0.15) is 0 Å². The van der Waals surface area contributed by atoms with E-state index in [0.29, 0.717) is 5.91 Å². The molecule has 0 unspecified atom stereocenters. The van der Waals surface area contributed by atoms with E-state index in [4.69, 9.17) is 0 Å². The fourth-order valence-corrected chi connectivity index (χ4v) is 3.68. The Morgan fingerprint density at radius 2 is 2.05 bits per heavy atom. The zero-order valence-electron chi connectivity index (χ0n) is 12.2. The molecule has 2 fully saturated rings. The quantitative estimate of drug-likeness (QED) is 0.844. The van der Waals surface area contributed by atoms with Crippen molar-refractivity contribution >= 4 is 5.91 Å². The van der Waals surface area contributed by atoms with Crippen molar-refractivity contribution in [3.8, 4) is 0 Å². The number of amides is 1. The molecule has 4 heteroatoms. The van der Waals surface area contributed by atoms with Crippen LogP contribution in [0.3, 0.4) is 0 Å². The van der Waals surface area contributed by atoms with Crippen LogP contribution in [0.5, 0.6) is 0 Å². The van der Waals surface area contributed by atoms with Crippen molar-refractivity contribution in [2.24, 2.45) is 5.41 Å². The summed E-state index contributed by atoms with van der Waals surface area (Å²) in [6.45, 7) is 6.83. The lowest BCUT2D eigenvalue weighted by Gasteiger charge is -2.39. The number of carbonyl (C=O) groups excluding carboxylic acids is 1. The minimum absolute atomic E-state index is 0.0959. The molecule has 1 atom stereocenters. The van der Waals surface area contributed by atoms with Crippen LogP contribution < -0.4 is 0 Å². The van der Waals surface area contributed by atoms with Crippen LogP contribution in [0.1, 0.15) is 31.7 Å². The number of pyridine rings is 1. The van der Waals surface area contributed by atoms with Gasteiger partial charge in [0.1, 0.15) is 0 Å². The van der Waals surface area contributed by atoms with Gasteiger partial charge < -0.3 is 4.90 Å². The third kappa shape index (κ3) is 2.44. The molecule has 1 spiro atoms. The summed E-state index contributed by atoms with van der Waals surface area (Å²) < 4.78 is 0. The fraction of sp³-hybridized carbons (Fsp3) is 0.625. The van der Waals surface area contributed by atoms with E-state index >= 15 is 0 Å². The van der Waals surface area contributed by atoms with Crippen LogP contribution in [-0.4, -0.2) is 46.9 Å². The zero-order chi connectivity index (χ0) is 14.0. The Bertz CT molecular complexity index is 476. The van der Waals surface area contributed by atoms with Crippen LogP contribution in [-0.2, 0) is 11.3 Å².